The average Bonchev–Trinajstić information content (AvgIpc) is 2.40. The summed E-state index contributed by atoms with van der Waals surface area (Å²) in [5.74, 6) is -0.0447. The molecule has 1 rings (SSSR count). The Morgan fingerprint density at radius 3 is 2.74 bits per heavy atom. The van der Waals surface area contributed by atoms with Crippen LogP contribution in [0.25, 0.3) is 0 Å². The Kier molecular flexibility index (Phi) is 6.44. The molecule has 0 aliphatic heterocycles. The molecule has 0 radical (unpaired) electrons. The van der Waals surface area contributed by atoms with Crippen LogP contribution in [0.5, 0.6) is 5.75 Å². The van der Waals surface area contributed by atoms with Crippen molar-refractivity contribution in [3.8, 4) is 5.75 Å². The van der Waals surface area contributed by atoms with Crippen molar-refractivity contribution in [1.82, 2.24) is 0 Å². The molecule has 0 aliphatic carbocycles. The maximum atomic E-state index is 10.6. The lowest BCUT2D eigenvalue weighted by Crippen LogP contribution is -2.02. The summed E-state index contributed by atoms with van der Waals surface area (Å²) in [5, 5.41) is 8.67. The number of unbranched alkanes of at least 4 members (excludes halogenated alkanes) is 1. The van der Waals surface area contributed by atoms with Gasteiger partial charge in [-0.05, 0) is 37.3 Å². The zero-order valence-corrected chi connectivity index (χ0v) is 11.1. The Bertz CT molecular complexity index is 449. The first kappa shape index (κ1) is 15.0. The quantitative estimate of drug-likeness (QED) is 0.419. The number of benzene rings is 1. The van der Waals surface area contributed by atoms with Gasteiger partial charge in [-0.2, -0.15) is 0 Å². The second-order valence-electron chi connectivity index (χ2n) is 4.31. The summed E-state index contributed by atoms with van der Waals surface area (Å²) in [5.41, 5.74) is 1.37. The van der Waals surface area contributed by atoms with E-state index in [1.165, 1.54) is 0 Å². The van der Waals surface area contributed by atoms with E-state index >= 15 is 0 Å². The fourth-order valence-corrected chi connectivity index (χ4v) is 1.70. The van der Waals surface area contributed by atoms with Crippen molar-refractivity contribution < 1.29 is 14.6 Å². The minimum absolute atomic E-state index is 0.257. The molecule has 0 saturated carbocycles. The van der Waals surface area contributed by atoms with Gasteiger partial charge in [0.1, 0.15) is 5.75 Å². The molecule has 0 amide bonds. The first-order valence-electron chi connectivity index (χ1n) is 6.38. The van der Waals surface area contributed by atoms with Crippen molar-refractivity contribution in [3.63, 3.8) is 0 Å². The van der Waals surface area contributed by atoms with Crippen molar-refractivity contribution in [3.05, 3.63) is 54.6 Å². The van der Waals surface area contributed by atoms with Gasteiger partial charge < -0.3 is 9.84 Å². The van der Waals surface area contributed by atoms with E-state index in [4.69, 9.17) is 9.84 Å². The lowest BCUT2D eigenvalue weighted by Gasteiger charge is -2.10. The number of rotatable bonds is 9. The van der Waals surface area contributed by atoms with Crippen LogP contribution in [0, 0.1) is 0 Å². The van der Waals surface area contributed by atoms with Gasteiger partial charge in [0.2, 0.25) is 0 Å². The lowest BCUT2D eigenvalue weighted by atomic mass is 10.1. The highest BCUT2D eigenvalue weighted by Crippen LogP contribution is 2.19. The fourth-order valence-electron chi connectivity index (χ4n) is 1.70. The largest absolute Gasteiger partial charge is 0.493 e. The standard InChI is InChI=1S/C16H20O3/c1-3-8-14-10-4-5-11-15(14)19-12-7-6-9-13(2)16(17)18/h3-5,10-11H,1-2,6-9,12H2,(H,17,18). The number of hydrogen-bond donors (Lipinski definition) is 1. The molecule has 0 spiro atoms. The highest BCUT2D eigenvalue weighted by molar-refractivity contribution is 5.85. The van der Waals surface area contributed by atoms with Gasteiger partial charge in [0.05, 0.1) is 6.61 Å². The second-order valence-corrected chi connectivity index (χ2v) is 4.31. The Morgan fingerprint density at radius 1 is 1.32 bits per heavy atom. The molecule has 1 aromatic rings. The van der Waals surface area contributed by atoms with Gasteiger partial charge in [0, 0.05) is 5.57 Å². The van der Waals surface area contributed by atoms with Crippen LogP contribution in [0.2, 0.25) is 0 Å². The number of carboxylic acid groups (broad SMARTS) is 1. The van der Waals surface area contributed by atoms with Gasteiger partial charge in [-0.25, -0.2) is 4.79 Å². The maximum Gasteiger partial charge on any atom is 0.330 e. The SMILES string of the molecule is C=CCc1ccccc1OCCCCC(=C)C(=O)O. The van der Waals surface area contributed by atoms with E-state index in [9.17, 15) is 4.79 Å². The molecule has 1 aromatic carbocycles. The highest BCUT2D eigenvalue weighted by Gasteiger charge is 2.04. The summed E-state index contributed by atoms with van der Waals surface area (Å²) in [6.07, 6.45) is 4.72. The summed E-state index contributed by atoms with van der Waals surface area (Å²) in [6, 6.07) is 7.87. The first-order valence-corrected chi connectivity index (χ1v) is 6.38. The van der Waals surface area contributed by atoms with E-state index < -0.39 is 5.97 Å². The maximum absolute atomic E-state index is 10.6. The van der Waals surface area contributed by atoms with Crippen molar-refractivity contribution in [1.29, 1.82) is 0 Å². The van der Waals surface area contributed by atoms with E-state index in [2.05, 4.69) is 13.2 Å². The Hall–Kier alpha value is -2.03. The van der Waals surface area contributed by atoms with E-state index in [0.29, 0.717) is 13.0 Å². The van der Waals surface area contributed by atoms with Crippen LogP contribution in [0.15, 0.2) is 49.1 Å². The number of para-hydroxylation sites is 1. The third kappa shape index (κ3) is 5.42. The van der Waals surface area contributed by atoms with E-state index in [0.717, 1.165) is 30.6 Å². The predicted molar refractivity (Wildman–Crippen MR) is 76.5 cm³/mol. The second kappa shape index (κ2) is 8.14. The third-order valence-corrected chi connectivity index (χ3v) is 2.77. The van der Waals surface area contributed by atoms with E-state index in [-0.39, 0.29) is 5.57 Å². The summed E-state index contributed by atoms with van der Waals surface area (Å²) < 4.78 is 5.71. The first-order chi connectivity index (χ1) is 9.15. The molecule has 102 valence electrons. The number of ether oxygens (including phenoxy) is 1. The van der Waals surface area contributed by atoms with Crippen LogP contribution in [0.3, 0.4) is 0 Å². The average molecular weight is 260 g/mol. The molecule has 0 bridgehead atoms. The lowest BCUT2D eigenvalue weighted by molar-refractivity contribution is -0.132. The third-order valence-electron chi connectivity index (χ3n) is 2.77. The van der Waals surface area contributed by atoms with E-state index in [1.807, 2.05) is 30.3 Å². The summed E-state index contributed by atoms with van der Waals surface area (Å²) in [4.78, 5) is 10.6. The zero-order valence-electron chi connectivity index (χ0n) is 11.1. The number of hydrogen-bond acceptors (Lipinski definition) is 2. The monoisotopic (exact) mass is 260 g/mol. The fraction of sp³-hybridized carbons (Fsp3) is 0.312. The Morgan fingerprint density at radius 2 is 2.05 bits per heavy atom. The molecule has 0 aliphatic rings. The molecule has 3 heteroatoms. The van der Waals surface area contributed by atoms with Crippen molar-refractivity contribution >= 4 is 5.97 Å². The van der Waals surface area contributed by atoms with Gasteiger partial charge in [-0.3, -0.25) is 0 Å². The molecule has 0 fully saturated rings. The molecule has 0 aromatic heterocycles. The normalized spacial score (nSPS) is 9.89. The van der Waals surface area contributed by atoms with Gasteiger partial charge in [-0.15, -0.1) is 6.58 Å². The molecular weight excluding hydrogens is 240 g/mol. The molecule has 0 saturated heterocycles. The molecule has 0 atom stereocenters. The summed E-state index contributed by atoms with van der Waals surface area (Å²) in [7, 11) is 0. The van der Waals surface area contributed by atoms with Gasteiger partial charge >= 0.3 is 5.97 Å². The Balaban J connectivity index is 2.31. The zero-order chi connectivity index (χ0) is 14.1. The van der Waals surface area contributed by atoms with Crippen molar-refractivity contribution in [2.45, 2.75) is 25.7 Å². The topological polar surface area (TPSA) is 46.5 Å². The smallest absolute Gasteiger partial charge is 0.330 e. The van der Waals surface area contributed by atoms with Crippen LogP contribution >= 0.6 is 0 Å². The van der Waals surface area contributed by atoms with Gasteiger partial charge in [-0.1, -0.05) is 30.9 Å². The highest BCUT2D eigenvalue weighted by atomic mass is 16.5. The van der Waals surface area contributed by atoms with Crippen LogP contribution in [0.1, 0.15) is 24.8 Å². The van der Waals surface area contributed by atoms with Crippen LogP contribution in [0.4, 0.5) is 0 Å². The van der Waals surface area contributed by atoms with E-state index in [1.54, 1.807) is 0 Å². The van der Waals surface area contributed by atoms with Crippen molar-refractivity contribution in [2.24, 2.45) is 0 Å². The summed E-state index contributed by atoms with van der Waals surface area (Å²) in [6.45, 7) is 7.80. The molecule has 3 nitrogen and oxygen atoms in total. The number of carboxylic acids is 1. The molecule has 0 heterocycles. The summed E-state index contributed by atoms with van der Waals surface area (Å²) >= 11 is 0. The van der Waals surface area contributed by atoms with Crippen LogP contribution < -0.4 is 4.74 Å². The van der Waals surface area contributed by atoms with Gasteiger partial charge in [0.25, 0.3) is 0 Å². The van der Waals surface area contributed by atoms with Crippen molar-refractivity contribution in [2.75, 3.05) is 6.61 Å². The molecule has 19 heavy (non-hydrogen) atoms. The predicted octanol–water partition coefficient (Wildman–Crippen LogP) is 3.61. The minimum Gasteiger partial charge on any atom is -0.493 e. The molecule has 0 unspecified atom stereocenters. The molecular formula is C16H20O3. The van der Waals surface area contributed by atoms with Gasteiger partial charge in [0.15, 0.2) is 0 Å². The molecule has 1 N–H and O–H groups in total. The number of aliphatic carboxylic acids is 1. The minimum atomic E-state index is -0.919. The van der Waals surface area contributed by atoms with Crippen LogP contribution in [-0.4, -0.2) is 17.7 Å². The number of carbonyl (C=O) groups is 1. The van der Waals surface area contributed by atoms with Crippen LogP contribution in [-0.2, 0) is 11.2 Å². The number of allylic oxidation sites excluding steroid dienone is 1. The Labute approximate surface area is 114 Å².